The number of nitrogens with zero attached hydrogens (tertiary/aromatic N) is 3. The highest BCUT2D eigenvalue weighted by Crippen LogP contribution is 2.35. The average Bonchev–Trinajstić information content (AvgIpc) is 3.23. The predicted molar refractivity (Wildman–Crippen MR) is 127 cm³/mol. The molecule has 0 bridgehead atoms. The lowest BCUT2D eigenvalue weighted by Gasteiger charge is -2.16. The summed E-state index contributed by atoms with van der Waals surface area (Å²) in [6.07, 6.45) is 2.21. The van der Waals surface area contributed by atoms with Crippen LogP contribution in [0.2, 0.25) is 5.02 Å². The van der Waals surface area contributed by atoms with Crippen LogP contribution in [0.1, 0.15) is 6.42 Å². The molecule has 1 atom stereocenters. The van der Waals surface area contributed by atoms with E-state index < -0.39 is 0 Å². The van der Waals surface area contributed by atoms with Crippen LogP contribution in [-0.4, -0.2) is 33.9 Å². The van der Waals surface area contributed by atoms with E-state index in [1.54, 1.807) is 6.20 Å². The van der Waals surface area contributed by atoms with Crippen molar-refractivity contribution in [2.24, 2.45) is 5.92 Å². The van der Waals surface area contributed by atoms with Gasteiger partial charge in [-0.1, -0.05) is 48.0 Å². The molecule has 1 unspecified atom stereocenters. The lowest BCUT2D eigenvalue weighted by molar-refractivity contribution is -0.119. The highest BCUT2D eigenvalue weighted by atomic mass is 35.5. The summed E-state index contributed by atoms with van der Waals surface area (Å²) in [4.78, 5) is 25.4. The molecule has 8 heteroatoms. The van der Waals surface area contributed by atoms with Gasteiger partial charge in [-0.2, -0.15) is 0 Å². The van der Waals surface area contributed by atoms with E-state index in [1.807, 2.05) is 54.6 Å². The van der Waals surface area contributed by atoms with E-state index in [4.69, 9.17) is 27.3 Å². The molecule has 0 aliphatic carbocycles. The first-order valence-electron chi connectivity index (χ1n) is 10.4. The molecule has 2 aromatic heterocycles. The first-order valence-corrected chi connectivity index (χ1v) is 10.7. The first-order chi connectivity index (χ1) is 15.6. The van der Waals surface area contributed by atoms with Gasteiger partial charge in [-0.15, -0.1) is 0 Å². The molecular weight excluding hydrogens is 424 g/mol. The number of fused-ring (bicyclic) bond motifs is 1. The van der Waals surface area contributed by atoms with Gasteiger partial charge < -0.3 is 16.4 Å². The Morgan fingerprint density at radius 1 is 1.06 bits per heavy atom. The van der Waals surface area contributed by atoms with Crippen molar-refractivity contribution in [1.82, 2.24) is 20.3 Å². The number of pyridine rings is 1. The molecule has 0 spiro atoms. The Balaban J connectivity index is 1.61. The summed E-state index contributed by atoms with van der Waals surface area (Å²) in [5.74, 6) is 1.04. The highest BCUT2D eigenvalue weighted by Gasteiger charge is 2.22. The SMILES string of the molecule is Nc1nc(-c2ccccc2)c(-c2cc(Cl)c3ncccc3c2)nc1NCC1CNC(=O)C1. The summed E-state index contributed by atoms with van der Waals surface area (Å²) < 4.78 is 0. The Labute approximate surface area is 190 Å². The van der Waals surface area contributed by atoms with Crippen molar-refractivity contribution in [3.63, 3.8) is 0 Å². The minimum atomic E-state index is 0.0652. The number of anilines is 2. The van der Waals surface area contributed by atoms with Gasteiger partial charge in [0.05, 0.1) is 21.9 Å². The number of rotatable bonds is 5. The van der Waals surface area contributed by atoms with Crippen LogP contribution in [0.15, 0.2) is 60.8 Å². The number of halogens is 1. The van der Waals surface area contributed by atoms with Gasteiger partial charge >= 0.3 is 0 Å². The predicted octanol–water partition coefficient (Wildman–Crippen LogP) is 4.14. The number of carbonyl (C=O) groups is 1. The van der Waals surface area contributed by atoms with Crippen molar-refractivity contribution in [3.8, 4) is 22.5 Å². The number of hydrogen-bond acceptors (Lipinski definition) is 6. The third-order valence-corrected chi connectivity index (χ3v) is 5.81. The number of carbonyl (C=O) groups excluding carboxylic acids is 1. The molecule has 3 heterocycles. The number of amides is 1. The van der Waals surface area contributed by atoms with Crippen LogP contribution in [0.5, 0.6) is 0 Å². The summed E-state index contributed by atoms with van der Waals surface area (Å²) in [6.45, 7) is 1.21. The van der Waals surface area contributed by atoms with E-state index in [0.717, 1.165) is 22.0 Å². The molecule has 4 aromatic rings. The highest BCUT2D eigenvalue weighted by molar-refractivity contribution is 6.35. The zero-order valence-electron chi connectivity index (χ0n) is 17.2. The number of nitrogens with one attached hydrogen (secondary N) is 2. The van der Waals surface area contributed by atoms with Gasteiger partial charge in [0, 0.05) is 48.1 Å². The van der Waals surface area contributed by atoms with E-state index in [1.165, 1.54) is 0 Å². The van der Waals surface area contributed by atoms with Crippen molar-refractivity contribution in [2.75, 3.05) is 24.1 Å². The maximum Gasteiger partial charge on any atom is 0.220 e. The molecule has 7 nitrogen and oxygen atoms in total. The Hall–Kier alpha value is -3.71. The van der Waals surface area contributed by atoms with Crippen LogP contribution in [0, 0.1) is 5.92 Å². The molecule has 0 saturated carbocycles. The zero-order chi connectivity index (χ0) is 22.1. The third-order valence-electron chi connectivity index (χ3n) is 5.52. The second kappa shape index (κ2) is 8.43. The zero-order valence-corrected chi connectivity index (χ0v) is 17.9. The molecular formula is C24H21ClN6O. The smallest absolute Gasteiger partial charge is 0.220 e. The number of nitrogens with two attached hydrogens (primary N) is 1. The molecule has 0 radical (unpaired) electrons. The van der Waals surface area contributed by atoms with Crippen molar-refractivity contribution in [1.29, 1.82) is 0 Å². The number of aromatic nitrogens is 3. The third kappa shape index (κ3) is 3.94. The second-order valence-corrected chi connectivity index (χ2v) is 8.22. The van der Waals surface area contributed by atoms with E-state index >= 15 is 0 Å². The normalized spacial score (nSPS) is 15.7. The maximum absolute atomic E-state index is 11.5. The largest absolute Gasteiger partial charge is 0.381 e. The Morgan fingerprint density at radius 3 is 2.66 bits per heavy atom. The molecule has 1 fully saturated rings. The molecule has 5 rings (SSSR count). The van der Waals surface area contributed by atoms with Gasteiger partial charge in [0.1, 0.15) is 0 Å². The first kappa shape index (κ1) is 20.2. The van der Waals surface area contributed by atoms with Crippen molar-refractivity contribution < 1.29 is 4.79 Å². The van der Waals surface area contributed by atoms with Crippen molar-refractivity contribution in [3.05, 3.63) is 65.8 Å². The van der Waals surface area contributed by atoms with Gasteiger partial charge in [-0.3, -0.25) is 9.78 Å². The van der Waals surface area contributed by atoms with Gasteiger partial charge in [0.25, 0.3) is 0 Å². The molecule has 160 valence electrons. The fourth-order valence-corrected chi connectivity index (χ4v) is 4.19. The second-order valence-electron chi connectivity index (χ2n) is 7.81. The number of hydrogen-bond donors (Lipinski definition) is 3. The minimum Gasteiger partial charge on any atom is -0.381 e. The lowest BCUT2D eigenvalue weighted by Crippen LogP contribution is -2.19. The molecule has 32 heavy (non-hydrogen) atoms. The average molecular weight is 445 g/mol. The Bertz CT molecular complexity index is 1310. The lowest BCUT2D eigenvalue weighted by atomic mass is 10.0. The minimum absolute atomic E-state index is 0.0652. The summed E-state index contributed by atoms with van der Waals surface area (Å²) in [6, 6.07) is 17.5. The topological polar surface area (TPSA) is 106 Å². The summed E-state index contributed by atoms with van der Waals surface area (Å²) >= 11 is 6.55. The van der Waals surface area contributed by atoms with Crippen molar-refractivity contribution in [2.45, 2.75) is 6.42 Å². The fraction of sp³-hybridized carbons (Fsp3) is 0.167. The van der Waals surface area contributed by atoms with E-state index in [-0.39, 0.29) is 11.8 Å². The summed E-state index contributed by atoms with van der Waals surface area (Å²) in [5, 5.41) is 7.58. The van der Waals surface area contributed by atoms with Gasteiger partial charge in [-0.05, 0) is 18.2 Å². The van der Waals surface area contributed by atoms with Crippen LogP contribution < -0.4 is 16.4 Å². The summed E-state index contributed by atoms with van der Waals surface area (Å²) in [5.41, 5.74) is 10.1. The van der Waals surface area contributed by atoms with E-state index in [0.29, 0.717) is 47.6 Å². The molecule has 2 aromatic carbocycles. The molecule has 1 aliphatic rings. The Morgan fingerprint density at radius 2 is 1.88 bits per heavy atom. The van der Waals surface area contributed by atoms with Gasteiger partial charge in [0.2, 0.25) is 5.91 Å². The standard InChI is InChI=1S/C24H21ClN6O/c25-18-11-17(10-16-7-4-8-27-20(16)18)22-21(15-5-2-1-3-6-15)30-23(26)24(31-22)29-13-14-9-19(32)28-12-14/h1-8,10-11,14H,9,12-13H2,(H2,26,30)(H,28,32)(H,29,31). The van der Waals surface area contributed by atoms with Crippen LogP contribution in [0.25, 0.3) is 33.4 Å². The summed E-state index contributed by atoms with van der Waals surface area (Å²) in [7, 11) is 0. The van der Waals surface area contributed by atoms with Crippen LogP contribution in [0.3, 0.4) is 0 Å². The fourth-order valence-electron chi connectivity index (χ4n) is 3.91. The maximum atomic E-state index is 11.5. The van der Waals surface area contributed by atoms with Crippen LogP contribution in [0.4, 0.5) is 11.6 Å². The quantitative estimate of drug-likeness (QED) is 0.427. The molecule has 1 amide bonds. The van der Waals surface area contributed by atoms with Gasteiger partial charge in [-0.25, -0.2) is 9.97 Å². The van der Waals surface area contributed by atoms with Gasteiger partial charge in [0.15, 0.2) is 11.6 Å². The molecule has 1 saturated heterocycles. The monoisotopic (exact) mass is 444 g/mol. The number of benzene rings is 2. The van der Waals surface area contributed by atoms with E-state index in [9.17, 15) is 4.79 Å². The van der Waals surface area contributed by atoms with Crippen LogP contribution in [-0.2, 0) is 4.79 Å². The molecule has 4 N–H and O–H groups in total. The number of nitrogen functional groups attached to an aromatic ring is 1. The van der Waals surface area contributed by atoms with Crippen molar-refractivity contribution >= 4 is 40.0 Å². The molecule has 1 aliphatic heterocycles. The van der Waals surface area contributed by atoms with E-state index in [2.05, 4.69) is 15.6 Å². The Kier molecular flexibility index (Phi) is 5.33. The van der Waals surface area contributed by atoms with Crippen LogP contribution >= 0.6 is 11.6 Å².